The number of rotatable bonds is 6. The molecule has 4 rings (SSSR count). The Hall–Kier alpha value is -3.73. The molecular formula is C24H22N4O. The zero-order valence-electron chi connectivity index (χ0n) is 16.2. The second-order valence-electron chi connectivity index (χ2n) is 7.13. The molecule has 4 aromatic rings. The summed E-state index contributed by atoms with van der Waals surface area (Å²) in [6, 6.07) is 27.9. The molecule has 0 aliphatic carbocycles. The number of amides is 1. The number of carbonyl (C=O) groups excluding carboxylic acids is 1. The van der Waals surface area contributed by atoms with Crippen LogP contribution in [0.5, 0.6) is 0 Å². The van der Waals surface area contributed by atoms with Gasteiger partial charge in [0.05, 0.1) is 5.69 Å². The van der Waals surface area contributed by atoms with Crippen molar-refractivity contribution in [3.05, 3.63) is 114 Å². The van der Waals surface area contributed by atoms with Gasteiger partial charge in [-0.15, -0.1) is 0 Å². The average molecular weight is 382 g/mol. The molecule has 1 amide bonds. The summed E-state index contributed by atoms with van der Waals surface area (Å²) in [5, 5.41) is 7.22. The Morgan fingerprint density at radius 3 is 2.00 bits per heavy atom. The van der Waals surface area contributed by atoms with Gasteiger partial charge >= 0.3 is 0 Å². The summed E-state index contributed by atoms with van der Waals surface area (Å²) in [7, 11) is 0. The van der Waals surface area contributed by atoms with E-state index in [-0.39, 0.29) is 11.3 Å². The van der Waals surface area contributed by atoms with Crippen molar-refractivity contribution in [1.29, 1.82) is 0 Å². The number of aromatic nitrogens is 3. The Balaban J connectivity index is 1.54. The van der Waals surface area contributed by atoms with E-state index in [0.717, 1.165) is 16.8 Å². The van der Waals surface area contributed by atoms with Gasteiger partial charge in [-0.1, -0.05) is 60.7 Å². The van der Waals surface area contributed by atoms with Gasteiger partial charge in [0.2, 0.25) is 0 Å². The van der Waals surface area contributed by atoms with Crippen LogP contribution in [0.1, 0.15) is 28.4 Å². The number of benzene rings is 3. The standard InChI is InChI=1S/C24H22N4O/c1-24(20-8-4-2-5-9-20,21-10-6-3-7-11-21)16-26-23(29)19-12-14-22(15-13-19)28-18-25-17-27-28/h2-15,17-18H,16H2,1H3,(H,26,29). The molecule has 0 aliphatic heterocycles. The maximum absolute atomic E-state index is 12.8. The highest BCUT2D eigenvalue weighted by Crippen LogP contribution is 2.31. The van der Waals surface area contributed by atoms with Crippen molar-refractivity contribution in [2.24, 2.45) is 0 Å². The van der Waals surface area contributed by atoms with Crippen molar-refractivity contribution in [1.82, 2.24) is 20.1 Å². The Bertz CT molecular complexity index is 1020. The van der Waals surface area contributed by atoms with E-state index in [9.17, 15) is 4.79 Å². The van der Waals surface area contributed by atoms with Gasteiger partial charge in [-0.3, -0.25) is 4.79 Å². The third-order valence-electron chi connectivity index (χ3n) is 5.24. The Kier molecular flexibility index (Phi) is 5.20. The van der Waals surface area contributed by atoms with Crippen LogP contribution in [0.15, 0.2) is 97.6 Å². The normalized spacial score (nSPS) is 11.2. The van der Waals surface area contributed by atoms with Crippen LogP contribution >= 0.6 is 0 Å². The van der Waals surface area contributed by atoms with Gasteiger partial charge in [0, 0.05) is 17.5 Å². The van der Waals surface area contributed by atoms with Crippen molar-refractivity contribution >= 4 is 5.91 Å². The zero-order valence-corrected chi connectivity index (χ0v) is 16.2. The van der Waals surface area contributed by atoms with E-state index in [1.807, 2.05) is 48.5 Å². The molecule has 5 heteroatoms. The third kappa shape index (κ3) is 3.94. The van der Waals surface area contributed by atoms with E-state index in [2.05, 4.69) is 46.6 Å². The first kappa shape index (κ1) is 18.6. The molecule has 3 aromatic carbocycles. The molecule has 0 fully saturated rings. The summed E-state index contributed by atoms with van der Waals surface area (Å²) in [5.74, 6) is -0.103. The van der Waals surface area contributed by atoms with Crippen LogP contribution in [-0.2, 0) is 5.41 Å². The minimum Gasteiger partial charge on any atom is -0.351 e. The molecular weight excluding hydrogens is 360 g/mol. The summed E-state index contributed by atoms with van der Waals surface area (Å²) in [5.41, 5.74) is 3.45. The highest BCUT2D eigenvalue weighted by atomic mass is 16.1. The molecule has 1 aromatic heterocycles. The Morgan fingerprint density at radius 1 is 0.897 bits per heavy atom. The molecule has 0 unspecified atom stereocenters. The van der Waals surface area contributed by atoms with Crippen LogP contribution in [0.3, 0.4) is 0 Å². The van der Waals surface area contributed by atoms with Gasteiger partial charge in [0.15, 0.2) is 0 Å². The van der Waals surface area contributed by atoms with Crippen LogP contribution in [0.25, 0.3) is 5.69 Å². The molecule has 0 radical (unpaired) electrons. The number of hydrogen-bond acceptors (Lipinski definition) is 3. The zero-order chi connectivity index (χ0) is 20.1. The Labute approximate surface area is 170 Å². The fourth-order valence-corrected chi connectivity index (χ4v) is 3.45. The monoisotopic (exact) mass is 382 g/mol. The molecule has 0 saturated carbocycles. The van der Waals surface area contributed by atoms with Crippen LogP contribution in [0.2, 0.25) is 0 Å². The second kappa shape index (κ2) is 8.10. The van der Waals surface area contributed by atoms with Gasteiger partial charge in [0.25, 0.3) is 5.91 Å². The lowest BCUT2D eigenvalue weighted by Crippen LogP contribution is -2.39. The molecule has 1 N–H and O–H groups in total. The van der Waals surface area contributed by atoms with Crippen molar-refractivity contribution in [2.75, 3.05) is 6.54 Å². The van der Waals surface area contributed by atoms with Crippen molar-refractivity contribution in [3.8, 4) is 5.69 Å². The molecule has 0 aliphatic rings. The number of nitrogens with zero attached hydrogens (tertiary/aromatic N) is 3. The summed E-state index contributed by atoms with van der Waals surface area (Å²) < 4.78 is 1.66. The molecule has 5 nitrogen and oxygen atoms in total. The van der Waals surface area contributed by atoms with E-state index in [1.165, 1.54) is 6.33 Å². The first-order valence-electron chi connectivity index (χ1n) is 9.51. The topological polar surface area (TPSA) is 59.8 Å². The molecule has 0 saturated heterocycles. The maximum Gasteiger partial charge on any atom is 0.251 e. The van der Waals surface area contributed by atoms with Gasteiger partial charge < -0.3 is 5.32 Å². The molecule has 0 bridgehead atoms. The predicted octanol–water partition coefficient (Wildman–Crippen LogP) is 4.00. The van der Waals surface area contributed by atoms with Gasteiger partial charge in [-0.2, -0.15) is 5.10 Å². The van der Waals surface area contributed by atoms with Gasteiger partial charge in [-0.25, -0.2) is 9.67 Å². The number of hydrogen-bond donors (Lipinski definition) is 1. The lowest BCUT2D eigenvalue weighted by Gasteiger charge is -2.31. The van der Waals surface area contributed by atoms with Crippen molar-refractivity contribution in [2.45, 2.75) is 12.3 Å². The minimum absolute atomic E-state index is 0.103. The average Bonchev–Trinajstić information content (AvgIpc) is 3.33. The van der Waals surface area contributed by atoms with E-state index in [1.54, 1.807) is 23.1 Å². The molecule has 29 heavy (non-hydrogen) atoms. The van der Waals surface area contributed by atoms with Crippen LogP contribution in [-0.4, -0.2) is 27.2 Å². The molecule has 1 heterocycles. The number of nitrogens with one attached hydrogen (secondary N) is 1. The molecule has 0 atom stereocenters. The fraction of sp³-hybridized carbons (Fsp3) is 0.125. The van der Waals surface area contributed by atoms with E-state index in [4.69, 9.17) is 0 Å². The summed E-state index contributed by atoms with van der Waals surface area (Å²) >= 11 is 0. The fourth-order valence-electron chi connectivity index (χ4n) is 3.45. The first-order valence-corrected chi connectivity index (χ1v) is 9.51. The minimum atomic E-state index is -0.334. The van der Waals surface area contributed by atoms with Crippen LogP contribution in [0, 0.1) is 0 Å². The second-order valence-corrected chi connectivity index (χ2v) is 7.13. The highest BCUT2D eigenvalue weighted by Gasteiger charge is 2.29. The summed E-state index contributed by atoms with van der Waals surface area (Å²) in [6.07, 6.45) is 3.11. The lowest BCUT2D eigenvalue weighted by molar-refractivity contribution is 0.0947. The maximum atomic E-state index is 12.8. The van der Waals surface area contributed by atoms with E-state index >= 15 is 0 Å². The Morgan fingerprint density at radius 2 is 1.48 bits per heavy atom. The number of carbonyl (C=O) groups is 1. The quantitative estimate of drug-likeness (QED) is 0.548. The summed E-state index contributed by atoms with van der Waals surface area (Å²) in [6.45, 7) is 2.65. The summed E-state index contributed by atoms with van der Waals surface area (Å²) in [4.78, 5) is 16.7. The van der Waals surface area contributed by atoms with Crippen LogP contribution < -0.4 is 5.32 Å². The van der Waals surface area contributed by atoms with Crippen LogP contribution in [0.4, 0.5) is 0 Å². The smallest absolute Gasteiger partial charge is 0.251 e. The SMILES string of the molecule is CC(CNC(=O)c1ccc(-n2cncn2)cc1)(c1ccccc1)c1ccccc1. The van der Waals surface area contributed by atoms with Crippen molar-refractivity contribution < 1.29 is 4.79 Å². The van der Waals surface area contributed by atoms with Crippen molar-refractivity contribution in [3.63, 3.8) is 0 Å². The molecule has 144 valence electrons. The molecule has 0 spiro atoms. The largest absolute Gasteiger partial charge is 0.351 e. The predicted molar refractivity (Wildman–Crippen MR) is 113 cm³/mol. The highest BCUT2D eigenvalue weighted by molar-refractivity contribution is 5.94. The van der Waals surface area contributed by atoms with E-state index in [0.29, 0.717) is 12.1 Å². The van der Waals surface area contributed by atoms with Gasteiger partial charge in [-0.05, 0) is 42.3 Å². The first-order chi connectivity index (χ1) is 14.2. The third-order valence-corrected chi connectivity index (χ3v) is 5.24. The van der Waals surface area contributed by atoms with Gasteiger partial charge in [0.1, 0.15) is 12.7 Å². The lowest BCUT2D eigenvalue weighted by atomic mass is 9.76. The van der Waals surface area contributed by atoms with E-state index < -0.39 is 0 Å².